The fourth-order valence-electron chi connectivity index (χ4n) is 1.77. The molecule has 0 aromatic carbocycles. The predicted octanol–water partition coefficient (Wildman–Crippen LogP) is 4.02. The van der Waals surface area contributed by atoms with Crippen molar-refractivity contribution in [3.8, 4) is 0 Å². The summed E-state index contributed by atoms with van der Waals surface area (Å²) < 4.78 is 74.6. The first-order chi connectivity index (χ1) is 9.38. The van der Waals surface area contributed by atoms with Crippen LogP contribution in [0, 0.1) is 5.92 Å². The summed E-state index contributed by atoms with van der Waals surface area (Å²) in [6.45, 7) is 3.07. The van der Waals surface area contributed by atoms with E-state index >= 15 is 0 Å². The molecule has 1 atom stereocenters. The summed E-state index contributed by atoms with van der Waals surface area (Å²) in [4.78, 5) is 11.6. The fraction of sp³-hybridized carbons (Fsp3) is 0.462. The number of hydrogen-bond donors (Lipinski definition) is 1. The minimum atomic E-state index is -5.13. The van der Waals surface area contributed by atoms with Gasteiger partial charge in [-0.25, -0.2) is 0 Å². The predicted molar refractivity (Wildman–Crippen MR) is 64.0 cm³/mol. The molecule has 0 unspecified atom stereocenters. The van der Waals surface area contributed by atoms with E-state index < -0.39 is 36.2 Å². The van der Waals surface area contributed by atoms with Gasteiger partial charge in [-0.05, 0) is 19.1 Å². The van der Waals surface area contributed by atoms with Crippen molar-refractivity contribution < 1.29 is 31.1 Å². The van der Waals surface area contributed by atoms with Gasteiger partial charge in [0.2, 0.25) is 5.91 Å². The molecule has 0 saturated heterocycles. The van der Waals surface area contributed by atoms with Crippen LogP contribution in [0.5, 0.6) is 0 Å². The van der Waals surface area contributed by atoms with E-state index in [0.29, 0.717) is 11.6 Å². The zero-order chi connectivity index (χ0) is 16.4. The van der Waals surface area contributed by atoms with Crippen LogP contribution in [0.15, 0.2) is 35.1 Å². The molecule has 1 heterocycles. The van der Waals surface area contributed by atoms with Crippen LogP contribution < -0.4 is 5.32 Å². The van der Waals surface area contributed by atoms with Gasteiger partial charge in [-0.2, -0.15) is 26.3 Å². The summed E-state index contributed by atoms with van der Waals surface area (Å²) >= 11 is 0. The van der Waals surface area contributed by atoms with Gasteiger partial charge in [0.1, 0.15) is 0 Å². The Balaban J connectivity index is 3.16. The van der Waals surface area contributed by atoms with Gasteiger partial charge in [0.15, 0.2) is 0 Å². The van der Waals surface area contributed by atoms with Crippen molar-refractivity contribution in [1.29, 1.82) is 0 Å². The van der Waals surface area contributed by atoms with Crippen LogP contribution in [0.3, 0.4) is 0 Å². The number of carbonyl (C=O) groups excluding carboxylic acids is 1. The lowest BCUT2D eigenvalue weighted by Gasteiger charge is -2.15. The number of carbonyl (C=O) groups is 1. The van der Waals surface area contributed by atoms with Crippen molar-refractivity contribution in [3.05, 3.63) is 35.1 Å². The summed E-state index contributed by atoms with van der Waals surface area (Å²) in [5.41, 5.74) is -1.58. The lowest BCUT2D eigenvalue weighted by molar-refractivity contribution is -0.151. The fourth-order valence-corrected chi connectivity index (χ4v) is 1.77. The van der Waals surface area contributed by atoms with Crippen molar-refractivity contribution in [3.63, 3.8) is 0 Å². The van der Waals surface area contributed by atoms with Crippen LogP contribution in [0.2, 0.25) is 0 Å². The van der Waals surface area contributed by atoms with Crippen molar-refractivity contribution >= 4 is 5.91 Å². The number of halogens is 6. The number of amides is 1. The van der Waals surface area contributed by atoms with E-state index in [9.17, 15) is 31.1 Å². The van der Waals surface area contributed by atoms with E-state index in [0.717, 1.165) is 0 Å². The molecular formula is C13H13F6NO. The molecule has 0 aliphatic carbocycles. The molecule has 0 bridgehead atoms. The molecule has 0 aromatic rings. The van der Waals surface area contributed by atoms with Crippen LogP contribution >= 0.6 is 0 Å². The molecule has 118 valence electrons. The van der Waals surface area contributed by atoms with E-state index in [1.165, 1.54) is 19.1 Å². The summed E-state index contributed by atoms with van der Waals surface area (Å²) in [6, 6.07) is 0. The Hall–Kier alpha value is -1.73. The lowest BCUT2D eigenvalue weighted by atomic mass is 10.1. The Morgan fingerprint density at radius 3 is 2.33 bits per heavy atom. The average molecular weight is 313 g/mol. The van der Waals surface area contributed by atoms with Gasteiger partial charge < -0.3 is 5.32 Å². The third-order valence-electron chi connectivity index (χ3n) is 2.66. The van der Waals surface area contributed by atoms with Crippen LogP contribution in [0.25, 0.3) is 0 Å². The van der Waals surface area contributed by atoms with Crippen molar-refractivity contribution in [2.24, 2.45) is 5.92 Å². The molecule has 0 aromatic heterocycles. The maximum absolute atomic E-state index is 12.7. The maximum atomic E-state index is 12.7. The zero-order valence-corrected chi connectivity index (χ0v) is 11.2. The molecule has 0 saturated carbocycles. The maximum Gasteiger partial charge on any atom is 0.413 e. The van der Waals surface area contributed by atoms with Crippen LogP contribution in [-0.4, -0.2) is 18.3 Å². The van der Waals surface area contributed by atoms with Gasteiger partial charge in [0.25, 0.3) is 0 Å². The van der Waals surface area contributed by atoms with E-state index in [2.05, 4.69) is 5.32 Å². The summed E-state index contributed by atoms with van der Waals surface area (Å²) in [5, 5.41) is 2.17. The van der Waals surface area contributed by atoms with Gasteiger partial charge in [0.05, 0.1) is 12.3 Å². The highest BCUT2D eigenvalue weighted by Crippen LogP contribution is 2.35. The normalized spacial score (nSPS) is 21.4. The summed E-state index contributed by atoms with van der Waals surface area (Å²) in [6.07, 6.45) is -9.20. The molecule has 1 rings (SSSR count). The molecule has 1 amide bonds. The Morgan fingerprint density at radius 2 is 1.86 bits per heavy atom. The molecule has 0 radical (unpaired) electrons. The van der Waals surface area contributed by atoms with Crippen molar-refractivity contribution in [2.45, 2.75) is 32.6 Å². The minimum Gasteiger partial charge on any atom is -0.326 e. The van der Waals surface area contributed by atoms with Gasteiger partial charge in [0, 0.05) is 11.3 Å². The van der Waals surface area contributed by atoms with E-state index in [4.69, 9.17) is 0 Å². The molecule has 1 aliphatic heterocycles. The Morgan fingerprint density at radius 1 is 1.29 bits per heavy atom. The number of hydrogen-bond acceptors (Lipinski definition) is 1. The average Bonchev–Trinajstić information content (AvgIpc) is 2.34. The van der Waals surface area contributed by atoms with Gasteiger partial charge >= 0.3 is 12.4 Å². The molecule has 2 nitrogen and oxygen atoms in total. The van der Waals surface area contributed by atoms with Crippen LogP contribution in [0.1, 0.15) is 20.3 Å². The molecule has 1 aliphatic rings. The third-order valence-corrected chi connectivity index (χ3v) is 2.66. The second-order valence-corrected chi connectivity index (χ2v) is 4.75. The van der Waals surface area contributed by atoms with Crippen molar-refractivity contribution in [2.75, 3.05) is 0 Å². The summed E-state index contributed by atoms with van der Waals surface area (Å²) in [5.74, 6) is -1.16. The zero-order valence-electron chi connectivity index (χ0n) is 11.2. The first-order valence-electron chi connectivity index (χ1n) is 5.94. The van der Waals surface area contributed by atoms with Gasteiger partial charge in [-0.1, -0.05) is 18.6 Å². The quantitative estimate of drug-likeness (QED) is 0.766. The molecule has 1 N–H and O–H groups in total. The second-order valence-electron chi connectivity index (χ2n) is 4.75. The molecule has 0 spiro atoms. The molecule has 0 fully saturated rings. The lowest BCUT2D eigenvalue weighted by Crippen LogP contribution is -2.27. The van der Waals surface area contributed by atoms with E-state index in [1.807, 2.05) is 0 Å². The highest BCUT2D eigenvalue weighted by molar-refractivity contribution is 5.83. The SMILES string of the molecule is CC1=C[C@H](C)C(=O)NC(/C=C(/CC(F)(F)F)C(F)(F)F)=C1. The van der Waals surface area contributed by atoms with Crippen LogP contribution in [-0.2, 0) is 4.79 Å². The third kappa shape index (κ3) is 5.65. The highest BCUT2D eigenvalue weighted by atomic mass is 19.4. The first-order valence-corrected chi connectivity index (χ1v) is 5.94. The van der Waals surface area contributed by atoms with E-state index in [1.54, 1.807) is 6.92 Å². The molecule has 8 heteroatoms. The van der Waals surface area contributed by atoms with Gasteiger partial charge in [-0.15, -0.1) is 0 Å². The standard InChI is InChI=1S/C13H13F6NO/c1-7-3-8(2)11(21)20-10(4-7)5-9(13(17,18)19)6-12(14,15)16/h3-5,8H,6H2,1-2H3,(H,20,21)/b9-5-/t8-/m0/s1. The number of alkyl halides is 6. The van der Waals surface area contributed by atoms with Crippen molar-refractivity contribution in [1.82, 2.24) is 5.32 Å². The summed E-state index contributed by atoms with van der Waals surface area (Å²) in [7, 11) is 0. The number of allylic oxidation sites excluding steroid dienone is 4. The number of nitrogens with one attached hydrogen (secondary N) is 1. The smallest absolute Gasteiger partial charge is 0.326 e. The second kappa shape index (κ2) is 5.95. The first kappa shape index (κ1) is 17.3. The Kier molecular flexibility index (Phi) is 4.91. The largest absolute Gasteiger partial charge is 0.413 e. The molecule has 21 heavy (non-hydrogen) atoms. The van der Waals surface area contributed by atoms with Gasteiger partial charge in [-0.3, -0.25) is 4.79 Å². The Labute approximate surface area is 117 Å². The molecular weight excluding hydrogens is 300 g/mol. The minimum absolute atomic E-state index is 0.310. The van der Waals surface area contributed by atoms with Crippen LogP contribution in [0.4, 0.5) is 26.3 Å². The highest BCUT2D eigenvalue weighted by Gasteiger charge is 2.41. The van der Waals surface area contributed by atoms with E-state index in [-0.39, 0.29) is 5.70 Å². The Bertz CT molecular complexity index is 510. The topological polar surface area (TPSA) is 29.1 Å². The number of rotatable bonds is 2. The monoisotopic (exact) mass is 313 g/mol.